The fourth-order valence-electron chi connectivity index (χ4n) is 3.19. The van der Waals surface area contributed by atoms with Crippen molar-refractivity contribution in [3.8, 4) is 0 Å². The fourth-order valence-corrected chi connectivity index (χ4v) is 3.19. The van der Waals surface area contributed by atoms with Gasteiger partial charge >= 0.3 is 5.97 Å². The summed E-state index contributed by atoms with van der Waals surface area (Å²) in [4.78, 5) is 22.7. The molecule has 25 heavy (non-hydrogen) atoms. The number of rotatable bonds is 5. The molecule has 2 atom stereocenters. The van der Waals surface area contributed by atoms with Gasteiger partial charge in [-0.05, 0) is 24.1 Å². The lowest BCUT2D eigenvalue weighted by Gasteiger charge is -2.32. The van der Waals surface area contributed by atoms with Crippen molar-refractivity contribution in [1.29, 1.82) is 0 Å². The van der Waals surface area contributed by atoms with Gasteiger partial charge in [-0.15, -0.1) is 0 Å². The smallest absolute Gasteiger partial charge is 0.310 e. The molecule has 3 rings (SSSR count). The van der Waals surface area contributed by atoms with E-state index < -0.39 is 4.92 Å². The third-order valence-corrected chi connectivity index (χ3v) is 4.41. The predicted molar refractivity (Wildman–Crippen MR) is 93.4 cm³/mol. The van der Waals surface area contributed by atoms with Crippen molar-refractivity contribution in [2.24, 2.45) is 0 Å². The van der Waals surface area contributed by atoms with Crippen LogP contribution in [-0.4, -0.2) is 30.1 Å². The summed E-state index contributed by atoms with van der Waals surface area (Å²) < 4.78 is 5.69. The highest BCUT2D eigenvalue weighted by atomic mass is 16.6. The van der Waals surface area contributed by atoms with Gasteiger partial charge < -0.3 is 10.1 Å². The number of non-ortho nitro benzene ring substituents is 1. The monoisotopic (exact) mass is 340 g/mol. The SMILES string of the molecule is O=C(Cc1cccc([N+](=O)[O-])c1)OC1CNCCC1c1ccccc1. The number of nitro groups is 1. The standard InChI is InChI=1S/C19H20N2O4/c22-19(12-14-5-4-8-16(11-14)21(23)24)25-18-13-20-10-9-17(18)15-6-2-1-3-7-15/h1-8,11,17-18,20H,9-10,12-13H2. The maximum atomic E-state index is 12.3. The van der Waals surface area contributed by atoms with Crippen molar-refractivity contribution in [3.05, 3.63) is 75.8 Å². The molecule has 0 bridgehead atoms. The van der Waals surface area contributed by atoms with Gasteiger partial charge in [0.15, 0.2) is 0 Å². The van der Waals surface area contributed by atoms with Crippen molar-refractivity contribution < 1.29 is 14.5 Å². The van der Waals surface area contributed by atoms with Crippen molar-refractivity contribution in [1.82, 2.24) is 5.32 Å². The van der Waals surface area contributed by atoms with Crippen LogP contribution in [-0.2, 0) is 16.0 Å². The number of carbonyl (C=O) groups excluding carboxylic acids is 1. The maximum Gasteiger partial charge on any atom is 0.310 e. The molecule has 130 valence electrons. The van der Waals surface area contributed by atoms with E-state index in [4.69, 9.17) is 4.74 Å². The first kappa shape index (κ1) is 17.1. The van der Waals surface area contributed by atoms with Gasteiger partial charge in [-0.1, -0.05) is 42.5 Å². The molecule has 0 radical (unpaired) electrons. The van der Waals surface area contributed by atoms with Crippen LogP contribution in [0.4, 0.5) is 5.69 Å². The van der Waals surface area contributed by atoms with Crippen LogP contribution in [0.25, 0.3) is 0 Å². The van der Waals surface area contributed by atoms with Crippen molar-refractivity contribution >= 4 is 11.7 Å². The summed E-state index contributed by atoms with van der Waals surface area (Å²) in [5.74, 6) is -0.202. The molecule has 2 aromatic carbocycles. The lowest BCUT2D eigenvalue weighted by molar-refractivity contribution is -0.384. The fraction of sp³-hybridized carbons (Fsp3) is 0.316. The summed E-state index contributed by atoms with van der Waals surface area (Å²) >= 11 is 0. The van der Waals surface area contributed by atoms with E-state index in [0.29, 0.717) is 12.1 Å². The molecule has 1 heterocycles. The molecule has 1 aliphatic rings. The molecule has 0 aromatic heterocycles. The average molecular weight is 340 g/mol. The van der Waals surface area contributed by atoms with Crippen LogP contribution < -0.4 is 5.32 Å². The Labute approximate surface area is 146 Å². The van der Waals surface area contributed by atoms with Crippen LogP contribution in [0.2, 0.25) is 0 Å². The molecule has 0 saturated carbocycles. The number of ether oxygens (including phenoxy) is 1. The summed E-state index contributed by atoms with van der Waals surface area (Å²) in [6.45, 7) is 1.50. The van der Waals surface area contributed by atoms with Gasteiger partial charge in [0.1, 0.15) is 6.10 Å². The van der Waals surface area contributed by atoms with Crippen molar-refractivity contribution in [3.63, 3.8) is 0 Å². The molecule has 1 N–H and O–H groups in total. The van der Waals surface area contributed by atoms with Gasteiger partial charge in [0.2, 0.25) is 0 Å². The predicted octanol–water partition coefficient (Wildman–Crippen LogP) is 2.83. The van der Waals surface area contributed by atoms with Gasteiger partial charge in [0.25, 0.3) is 5.69 Å². The Kier molecular flexibility index (Phi) is 5.40. The summed E-state index contributed by atoms with van der Waals surface area (Å²) in [6.07, 6.45) is 0.695. The second kappa shape index (κ2) is 7.90. The van der Waals surface area contributed by atoms with E-state index in [1.807, 2.05) is 18.2 Å². The van der Waals surface area contributed by atoms with Crippen LogP contribution in [0.1, 0.15) is 23.5 Å². The van der Waals surface area contributed by atoms with E-state index in [1.165, 1.54) is 12.1 Å². The van der Waals surface area contributed by atoms with Crippen LogP contribution >= 0.6 is 0 Å². The minimum Gasteiger partial charge on any atom is -0.460 e. The molecule has 6 heteroatoms. The molecule has 2 aromatic rings. The number of nitrogens with zero attached hydrogens (tertiary/aromatic N) is 1. The third kappa shape index (κ3) is 4.42. The number of nitrogens with one attached hydrogen (secondary N) is 1. The molecule has 1 fully saturated rings. The van der Waals surface area contributed by atoms with Crippen LogP contribution in [0.3, 0.4) is 0 Å². The number of piperidine rings is 1. The van der Waals surface area contributed by atoms with E-state index in [9.17, 15) is 14.9 Å². The highest BCUT2D eigenvalue weighted by molar-refractivity contribution is 5.73. The molecular formula is C19H20N2O4. The molecule has 0 spiro atoms. The van der Waals surface area contributed by atoms with Crippen molar-refractivity contribution in [2.45, 2.75) is 24.9 Å². The van der Waals surface area contributed by atoms with E-state index >= 15 is 0 Å². The first-order valence-electron chi connectivity index (χ1n) is 8.32. The first-order chi connectivity index (χ1) is 12.1. The summed E-state index contributed by atoms with van der Waals surface area (Å²) in [7, 11) is 0. The Balaban J connectivity index is 1.66. The number of nitro benzene ring substituents is 1. The van der Waals surface area contributed by atoms with E-state index in [-0.39, 0.29) is 30.1 Å². The molecule has 6 nitrogen and oxygen atoms in total. The minimum absolute atomic E-state index is 0.0215. The Bertz CT molecular complexity index is 748. The number of hydrogen-bond donors (Lipinski definition) is 1. The third-order valence-electron chi connectivity index (χ3n) is 4.41. The van der Waals surface area contributed by atoms with Crippen molar-refractivity contribution in [2.75, 3.05) is 13.1 Å². The van der Waals surface area contributed by atoms with E-state index in [2.05, 4.69) is 17.4 Å². The molecule has 1 saturated heterocycles. The Morgan fingerprint density at radius 1 is 1.20 bits per heavy atom. The van der Waals surface area contributed by atoms with Crippen LogP contribution in [0.5, 0.6) is 0 Å². The second-order valence-electron chi connectivity index (χ2n) is 6.14. The number of hydrogen-bond acceptors (Lipinski definition) is 5. The molecule has 0 amide bonds. The first-order valence-corrected chi connectivity index (χ1v) is 8.32. The lowest BCUT2D eigenvalue weighted by atomic mass is 9.88. The zero-order chi connectivity index (χ0) is 17.6. The molecule has 0 aliphatic carbocycles. The Morgan fingerprint density at radius 3 is 2.76 bits per heavy atom. The van der Waals surface area contributed by atoms with Gasteiger partial charge in [0, 0.05) is 24.6 Å². The highest BCUT2D eigenvalue weighted by Crippen LogP contribution is 2.28. The summed E-state index contributed by atoms with van der Waals surface area (Å²) in [6, 6.07) is 16.1. The summed E-state index contributed by atoms with van der Waals surface area (Å²) in [5, 5.41) is 14.1. The van der Waals surface area contributed by atoms with E-state index in [0.717, 1.165) is 18.5 Å². The average Bonchev–Trinajstić information content (AvgIpc) is 2.63. The van der Waals surface area contributed by atoms with Gasteiger partial charge in [-0.2, -0.15) is 0 Å². The largest absolute Gasteiger partial charge is 0.460 e. The zero-order valence-electron chi connectivity index (χ0n) is 13.8. The normalized spacial score (nSPS) is 20.0. The van der Waals surface area contributed by atoms with Crippen LogP contribution in [0.15, 0.2) is 54.6 Å². The Morgan fingerprint density at radius 2 is 2.00 bits per heavy atom. The van der Waals surface area contributed by atoms with Gasteiger partial charge in [-0.25, -0.2) is 0 Å². The zero-order valence-corrected chi connectivity index (χ0v) is 13.8. The minimum atomic E-state index is -0.467. The maximum absolute atomic E-state index is 12.3. The van der Waals surface area contributed by atoms with E-state index in [1.54, 1.807) is 12.1 Å². The topological polar surface area (TPSA) is 81.5 Å². The molecule has 2 unspecified atom stereocenters. The number of carbonyl (C=O) groups is 1. The Hall–Kier alpha value is -2.73. The summed E-state index contributed by atoms with van der Waals surface area (Å²) in [5.41, 5.74) is 1.73. The number of esters is 1. The van der Waals surface area contributed by atoms with Gasteiger partial charge in [-0.3, -0.25) is 14.9 Å². The quantitative estimate of drug-likeness (QED) is 0.514. The second-order valence-corrected chi connectivity index (χ2v) is 6.14. The van der Waals surface area contributed by atoms with Gasteiger partial charge in [0.05, 0.1) is 11.3 Å². The highest BCUT2D eigenvalue weighted by Gasteiger charge is 2.29. The lowest BCUT2D eigenvalue weighted by Crippen LogP contribution is -2.42. The number of benzene rings is 2. The van der Waals surface area contributed by atoms with Crippen LogP contribution in [0, 0.1) is 10.1 Å². The molecular weight excluding hydrogens is 320 g/mol. The molecule has 1 aliphatic heterocycles.